The molecule has 0 aliphatic carbocycles. The van der Waals surface area contributed by atoms with Gasteiger partial charge in [-0.3, -0.25) is 5.10 Å². The van der Waals surface area contributed by atoms with Crippen LogP contribution in [0.5, 0.6) is 0 Å². The molecule has 0 spiro atoms. The van der Waals surface area contributed by atoms with Crippen molar-refractivity contribution in [2.24, 2.45) is 7.05 Å². The quantitative estimate of drug-likeness (QED) is 0.649. The number of hydrogen-bond donors (Lipinski definition) is 2. The minimum absolute atomic E-state index is 0.676. The second-order valence-corrected chi connectivity index (χ2v) is 3.90. The highest BCUT2D eigenvalue weighted by Crippen LogP contribution is 2.26. The van der Waals surface area contributed by atoms with E-state index in [1.807, 2.05) is 19.3 Å². The molecule has 0 fully saturated rings. The third-order valence-corrected chi connectivity index (χ3v) is 2.84. The lowest BCUT2D eigenvalue weighted by molar-refractivity contribution is 0.969. The number of aromatic nitrogens is 3. The van der Waals surface area contributed by atoms with Crippen LogP contribution in [0.3, 0.4) is 0 Å². The van der Waals surface area contributed by atoms with Crippen LogP contribution in [-0.2, 0) is 7.05 Å². The smallest absolute Gasteiger partial charge is 0.0880 e. The maximum Gasteiger partial charge on any atom is 0.0880 e. The van der Waals surface area contributed by atoms with E-state index in [1.54, 1.807) is 6.20 Å². The fraction of sp³-hybridized carbons (Fsp3) is 0.0833. The number of benzene rings is 1. The lowest BCUT2D eigenvalue weighted by Gasteiger charge is -2.01. The molecular weight excluding hydrogens is 200 g/mol. The molecule has 0 amide bonds. The highest BCUT2D eigenvalue weighted by atomic mass is 15.1. The molecule has 0 unspecified atom stereocenters. The number of aromatic amines is 1. The van der Waals surface area contributed by atoms with E-state index < -0.39 is 0 Å². The van der Waals surface area contributed by atoms with Crippen molar-refractivity contribution in [3.05, 3.63) is 36.7 Å². The second-order valence-electron chi connectivity index (χ2n) is 3.90. The second kappa shape index (κ2) is 3.13. The van der Waals surface area contributed by atoms with Gasteiger partial charge < -0.3 is 10.3 Å². The van der Waals surface area contributed by atoms with Gasteiger partial charge in [-0.1, -0.05) is 6.07 Å². The third-order valence-electron chi connectivity index (χ3n) is 2.84. The number of rotatable bonds is 1. The number of H-pyrrole nitrogens is 1. The van der Waals surface area contributed by atoms with Crippen molar-refractivity contribution in [2.45, 2.75) is 0 Å². The van der Waals surface area contributed by atoms with E-state index in [4.69, 9.17) is 5.73 Å². The Kier molecular flexibility index (Phi) is 1.77. The summed E-state index contributed by atoms with van der Waals surface area (Å²) < 4.78 is 2.09. The molecule has 0 aliphatic rings. The van der Waals surface area contributed by atoms with Gasteiger partial charge in [-0.05, 0) is 18.2 Å². The minimum Gasteiger partial charge on any atom is -0.396 e. The fourth-order valence-corrected chi connectivity index (χ4v) is 1.96. The van der Waals surface area contributed by atoms with Crippen LogP contribution in [0.2, 0.25) is 0 Å². The molecule has 3 aromatic rings. The van der Waals surface area contributed by atoms with Gasteiger partial charge in [0, 0.05) is 29.7 Å². The molecule has 3 rings (SSSR count). The van der Waals surface area contributed by atoms with Crippen LogP contribution < -0.4 is 5.73 Å². The topological polar surface area (TPSA) is 59.6 Å². The Morgan fingerprint density at radius 1 is 1.31 bits per heavy atom. The van der Waals surface area contributed by atoms with E-state index in [0.717, 1.165) is 11.3 Å². The van der Waals surface area contributed by atoms with E-state index >= 15 is 0 Å². The summed E-state index contributed by atoms with van der Waals surface area (Å²) in [4.78, 5) is 0. The SMILES string of the molecule is Cn1ccc2cc(-c3[nH]ncc3N)ccc21. The molecule has 16 heavy (non-hydrogen) atoms. The normalized spacial score (nSPS) is 11.1. The van der Waals surface area contributed by atoms with Gasteiger partial charge >= 0.3 is 0 Å². The summed E-state index contributed by atoms with van der Waals surface area (Å²) in [6, 6.07) is 8.34. The van der Waals surface area contributed by atoms with Gasteiger partial charge in [0.2, 0.25) is 0 Å². The van der Waals surface area contributed by atoms with E-state index in [-0.39, 0.29) is 0 Å². The number of nitrogens with zero attached hydrogens (tertiary/aromatic N) is 2. The van der Waals surface area contributed by atoms with Crippen LogP contribution >= 0.6 is 0 Å². The maximum atomic E-state index is 5.82. The number of anilines is 1. The van der Waals surface area contributed by atoms with E-state index in [0.29, 0.717) is 5.69 Å². The Morgan fingerprint density at radius 2 is 2.19 bits per heavy atom. The zero-order valence-corrected chi connectivity index (χ0v) is 8.94. The first kappa shape index (κ1) is 9.03. The summed E-state index contributed by atoms with van der Waals surface area (Å²) in [6.07, 6.45) is 3.68. The number of aryl methyl sites for hydroxylation is 1. The van der Waals surface area contributed by atoms with Crippen molar-refractivity contribution in [3.8, 4) is 11.3 Å². The van der Waals surface area contributed by atoms with Crippen molar-refractivity contribution in [2.75, 3.05) is 5.73 Å². The summed E-state index contributed by atoms with van der Waals surface area (Å²) in [5.41, 5.74) is 9.65. The zero-order chi connectivity index (χ0) is 11.1. The number of nitrogen functional groups attached to an aromatic ring is 1. The van der Waals surface area contributed by atoms with Crippen LogP contribution in [0.4, 0.5) is 5.69 Å². The lowest BCUT2D eigenvalue weighted by atomic mass is 10.1. The highest BCUT2D eigenvalue weighted by molar-refractivity contribution is 5.86. The summed E-state index contributed by atoms with van der Waals surface area (Å²) in [5.74, 6) is 0. The molecule has 3 N–H and O–H groups in total. The van der Waals surface area contributed by atoms with Gasteiger partial charge in [-0.25, -0.2) is 0 Å². The van der Waals surface area contributed by atoms with Gasteiger partial charge in [-0.2, -0.15) is 5.10 Å². The van der Waals surface area contributed by atoms with E-state index in [9.17, 15) is 0 Å². The summed E-state index contributed by atoms with van der Waals surface area (Å²) in [6.45, 7) is 0. The van der Waals surface area contributed by atoms with Gasteiger partial charge in [-0.15, -0.1) is 0 Å². The minimum atomic E-state index is 0.676. The molecule has 0 radical (unpaired) electrons. The van der Waals surface area contributed by atoms with Gasteiger partial charge in [0.05, 0.1) is 17.6 Å². The first-order chi connectivity index (χ1) is 7.75. The van der Waals surface area contributed by atoms with Gasteiger partial charge in [0.25, 0.3) is 0 Å². The van der Waals surface area contributed by atoms with Crippen molar-refractivity contribution in [1.82, 2.24) is 14.8 Å². The molecule has 0 saturated heterocycles. The summed E-state index contributed by atoms with van der Waals surface area (Å²) in [5, 5.41) is 8.04. The molecule has 4 heteroatoms. The molecule has 80 valence electrons. The Bertz CT molecular complexity index is 648. The van der Waals surface area contributed by atoms with Crippen LogP contribution in [0.15, 0.2) is 36.7 Å². The molecule has 1 aromatic carbocycles. The standard InChI is InChI=1S/C12H12N4/c1-16-5-4-8-6-9(2-3-11(8)16)12-10(13)7-14-15-12/h2-7H,13H2,1H3,(H,14,15). The van der Waals surface area contributed by atoms with Crippen molar-refractivity contribution in [1.29, 1.82) is 0 Å². The zero-order valence-electron chi connectivity index (χ0n) is 8.94. The molecule has 2 heterocycles. The average Bonchev–Trinajstić information content (AvgIpc) is 2.86. The molecule has 0 saturated carbocycles. The lowest BCUT2D eigenvalue weighted by Crippen LogP contribution is -1.87. The van der Waals surface area contributed by atoms with Crippen molar-refractivity contribution < 1.29 is 0 Å². The number of hydrogen-bond acceptors (Lipinski definition) is 2. The summed E-state index contributed by atoms with van der Waals surface area (Å²) >= 11 is 0. The number of fused-ring (bicyclic) bond motifs is 1. The molecule has 4 nitrogen and oxygen atoms in total. The molecule has 0 bridgehead atoms. The van der Waals surface area contributed by atoms with Crippen molar-refractivity contribution >= 4 is 16.6 Å². The molecule has 0 aliphatic heterocycles. The predicted octanol–water partition coefficient (Wildman–Crippen LogP) is 2.15. The molecule has 2 aromatic heterocycles. The molecular formula is C12H12N4. The maximum absolute atomic E-state index is 5.82. The molecule has 0 atom stereocenters. The Morgan fingerprint density at radius 3 is 2.94 bits per heavy atom. The highest BCUT2D eigenvalue weighted by Gasteiger charge is 2.06. The largest absolute Gasteiger partial charge is 0.396 e. The van der Waals surface area contributed by atoms with E-state index in [2.05, 4.69) is 33.0 Å². The average molecular weight is 212 g/mol. The number of nitrogens with one attached hydrogen (secondary N) is 1. The Hall–Kier alpha value is -2.23. The Labute approximate surface area is 92.7 Å². The first-order valence-corrected chi connectivity index (χ1v) is 5.10. The van der Waals surface area contributed by atoms with Crippen LogP contribution in [-0.4, -0.2) is 14.8 Å². The third kappa shape index (κ3) is 1.20. The van der Waals surface area contributed by atoms with Crippen LogP contribution in [0, 0.1) is 0 Å². The van der Waals surface area contributed by atoms with Gasteiger partial charge in [0.15, 0.2) is 0 Å². The van der Waals surface area contributed by atoms with Crippen molar-refractivity contribution in [3.63, 3.8) is 0 Å². The van der Waals surface area contributed by atoms with E-state index in [1.165, 1.54) is 10.9 Å². The van der Waals surface area contributed by atoms with Crippen LogP contribution in [0.25, 0.3) is 22.2 Å². The van der Waals surface area contributed by atoms with Gasteiger partial charge in [0.1, 0.15) is 0 Å². The Balaban J connectivity index is 2.23. The van der Waals surface area contributed by atoms with Crippen LogP contribution in [0.1, 0.15) is 0 Å². The fourth-order valence-electron chi connectivity index (χ4n) is 1.96. The predicted molar refractivity (Wildman–Crippen MR) is 64.9 cm³/mol. The number of nitrogens with two attached hydrogens (primary N) is 1. The first-order valence-electron chi connectivity index (χ1n) is 5.10. The monoisotopic (exact) mass is 212 g/mol. The summed E-state index contributed by atoms with van der Waals surface area (Å²) in [7, 11) is 2.03.